The molecule has 0 bridgehead atoms. The second-order valence-corrected chi connectivity index (χ2v) is 4.06. The molecule has 2 rings (SSSR count). The lowest BCUT2D eigenvalue weighted by molar-refractivity contribution is 0.0192. The average molecular weight is 211 g/mol. The number of aliphatic hydroxyl groups excluding tert-OH is 1. The summed E-state index contributed by atoms with van der Waals surface area (Å²) < 4.78 is 18.5. The standard InChI is InChI=1S/C11H14FNO2/c1-15-8-2-3-9(10(12)4-8)11(13)5-7(14)6-11/h2-4,7,14H,5-6,13H2,1H3. The van der Waals surface area contributed by atoms with E-state index in [0.717, 1.165) is 0 Å². The fraction of sp³-hybridized carbons (Fsp3) is 0.455. The first-order valence-electron chi connectivity index (χ1n) is 4.86. The first-order chi connectivity index (χ1) is 7.05. The number of hydrogen-bond acceptors (Lipinski definition) is 3. The van der Waals surface area contributed by atoms with Crippen LogP contribution in [0.3, 0.4) is 0 Å². The summed E-state index contributed by atoms with van der Waals surface area (Å²) in [6, 6.07) is 4.62. The SMILES string of the molecule is COc1ccc(C2(N)CC(O)C2)c(F)c1. The largest absolute Gasteiger partial charge is 0.497 e. The lowest BCUT2D eigenvalue weighted by Gasteiger charge is -2.42. The van der Waals surface area contributed by atoms with Crippen LogP contribution in [0.25, 0.3) is 0 Å². The second kappa shape index (κ2) is 3.47. The molecule has 0 amide bonds. The molecule has 0 spiro atoms. The third kappa shape index (κ3) is 1.70. The number of hydrogen-bond donors (Lipinski definition) is 2. The van der Waals surface area contributed by atoms with Gasteiger partial charge in [-0.05, 0) is 18.9 Å². The van der Waals surface area contributed by atoms with Crippen molar-refractivity contribution in [3.8, 4) is 5.75 Å². The highest BCUT2D eigenvalue weighted by molar-refractivity contribution is 5.35. The molecule has 0 aromatic heterocycles. The molecular formula is C11H14FNO2. The van der Waals surface area contributed by atoms with Crippen molar-refractivity contribution >= 4 is 0 Å². The Morgan fingerprint density at radius 3 is 2.67 bits per heavy atom. The molecule has 0 heterocycles. The van der Waals surface area contributed by atoms with Crippen LogP contribution >= 0.6 is 0 Å². The summed E-state index contributed by atoms with van der Waals surface area (Å²) in [6.07, 6.45) is 0.420. The van der Waals surface area contributed by atoms with Gasteiger partial charge in [-0.15, -0.1) is 0 Å². The van der Waals surface area contributed by atoms with Crippen LogP contribution in [-0.4, -0.2) is 18.3 Å². The Kier molecular flexibility index (Phi) is 2.40. The minimum Gasteiger partial charge on any atom is -0.497 e. The summed E-state index contributed by atoms with van der Waals surface area (Å²) >= 11 is 0. The topological polar surface area (TPSA) is 55.5 Å². The van der Waals surface area contributed by atoms with Crippen LogP contribution in [0, 0.1) is 5.82 Å². The van der Waals surface area contributed by atoms with Gasteiger partial charge in [-0.25, -0.2) is 4.39 Å². The van der Waals surface area contributed by atoms with E-state index in [1.165, 1.54) is 13.2 Å². The molecule has 0 unspecified atom stereocenters. The van der Waals surface area contributed by atoms with Gasteiger partial charge < -0.3 is 15.6 Å². The molecule has 4 heteroatoms. The van der Waals surface area contributed by atoms with E-state index in [2.05, 4.69) is 0 Å². The van der Waals surface area contributed by atoms with Crippen LogP contribution in [0.5, 0.6) is 5.75 Å². The van der Waals surface area contributed by atoms with Crippen molar-refractivity contribution in [1.82, 2.24) is 0 Å². The molecule has 1 fully saturated rings. The molecule has 0 saturated heterocycles. The van der Waals surface area contributed by atoms with Gasteiger partial charge in [0, 0.05) is 17.2 Å². The van der Waals surface area contributed by atoms with Crippen molar-refractivity contribution in [1.29, 1.82) is 0 Å². The van der Waals surface area contributed by atoms with Gasteiger partial charge in [0.15, 0.2) is 0 Å². The monoisotopic (exact) mass is 211 g/mol. The van der Waals surface area contributed by atoms with E-state index in [4.69, 9.17) is 10.5 Å². The Balaban J connectivity index is 2.29. The van der Waals surface area contributed by atoms with E-state index in [0.29, 0.717) is 24.2 Å². The molecule has 1 aliphatic carbocycles. The van der Waals surface area contributed by atoms with Crippen molar-refractivity contribution in [2.75, 3.05) is 7.11 Å². The van der Waals surface area contributed by atoms with Crippen LogP contribution in [0.4, 0.5) is 4.39 Å². The first-order valence-corrected chi connectivity index (χ1v) is 4.86. The summed E-state index contributed by atoms with van der Waals surface area (Å²) in [5.74, 6) is 0.100. The molecule has 1 aromatic carbocycles. The summed E-state index contributed by atoms with van der Waals surface area (Å²) in [7, 11) is 1.49. The van der Waals surface area contributed by atoms with Gasteiger partial charge in [0.2, 0.25) is 0 Å². The van der Waals surface area contributed by atoms with E-state index in [9.17, 15) is 9.50 Å². The summed E-state index contributed by atoms with van der Waals surface area (Å²) in [5.41, 5.74) is 5.71. The Bertz CT molecular complexity index is 375. The third-order valence-corrected chi connectivity index (χ3v) is 2.91. The molecule has 15 heavy (non-hydrogen) atoms. The lowest BCUT2D eigenvalue weighted by atomic mass is 9.70. The quantitative estimate of drug-likeness (QED) is 0.771. The van der Waals surface area contributed by atoms with E-state index in [1.54, 1.807) is 12.1 Å². The smallest absolute Gasteiger partial charge is 0.131 e. The van der Waals surface area contributed by atoms with Crippen molar-refractivity contribution in [3.63, 3.8) is 0 Å². The Morgan fingerprint density at radius 1 is 1.53 bits per heavy atom. The Morgan fingerprint density at radius 2 is 2.20 bits per heavy atom. The van der Waals surface area contributed by atoms with Gasteiger partial charge in [-0.1, -0.05) is 6.07 Å². The first kappa shape index (κ1) is 10.4. The van der Waals surface area contributed by atoms with Gasteiger partial charge >= 0.3 is 0 Å². The van der Waals surface area contributed by atoms with E-state index < -0.39 is 11.6 Å². The zero-order chi connectivity index (χ0) is 11.1. The van der Waals surface area contributed by atoms with Crippen molar-refractivity contribution in [3.05, 3.63) is 29.6 Å². The molecule has 1 aliphatic rings. The minimum absolute atomic E-state index is 0.372. The molecule has 82 valence electrons. The minimum atomic E-state index is -0.713. The van der Waals surface area contributed by atoms with Crippen molar-refractivity contribution < 1.29 is 14.2 Å². The maximum atomic E-state index is 13.6. The highest BCUT2D eigenvalue weighted by Crippen LogP contribution is 2.40. The second-order valence-electron chi connectivity index (χ2n) is 4.06. The maximum Gasteiger partial charge on any atom is 0.131 e. The van der Waals surface area contributed by atoms with Crippen LogP contribution in [0.2, 0.25) is 0 Å². The molecule has 0 atom stereocenters. The number of nitrogens with two attached hydrogens (primary N) is 1. The normalized spacial score (nSPS) is 29.7. The van der Waals surface area contributed by atoms with E-state index in [1.807, 2.05) is 0 Å². The average Bonchev–Trinajstić information content (AvgIpc) is 2.15. The van der Waals surface area contributed by atoms with Gasteiger partial charge in [0.05, 0.1) is 13.2 Å². The predicted molar refractivity (Wildman–Crippen MR) is 54.1 cm³/mol. The molecule has 0 radical (unpaired) electrons. The zero-order valence-electron chi connectivity index (χ0n) is 8.53. The zero-order valence-corrected chi connectivity index (χ0v) is 8.53. The molecule has 3 N–H and O–H groups in total. The highest BCUT2D eigenvalue weighted by atomic mass is 19.1. The fourth-order valence-electron chi connectivity index (χ4n) is 2.03. The lowest BCUT2D eigenvalue weighted by Crippen LogP contribution is -2.52. The number of ether oxygens (including phenoxy) is 1. The number of rotatable bonds is 2. The Labute approximate surface area is 87.7 Å². The summed E-state index contributed by atoms with van der Waals surface area (Å²) in [4.78, 5) is 0. The predicted octanol–water partition coefficient (Wildman–Crippen LogP) is 1.14. The highest BCUT2D eigenvalue weighted by Gasteiger charge is 2.43. The van der Waals surface area contributed by atoms with Crippen LogP contribution in [-0.2, 0) is 5.54 Å². The molecule has 1 aromatic rings. The van der Waals surface area contributed by atoms with E-state index in [-0.39, 0.29) is 5.82 Å². The third-order valence-electron chi connectivity index (χ3n) is 2.91. The number of benzene rings is 1. The van der Waals surface area contributed by atoms with Gasteiger partial charge in [-0.3, -0.25) is 0 Å². The number of methoxy groups -OCH3 is 1. The van der Waals surface area contributed by atoms with Gasteiger partial charge in [0.1, 0.15) is 11.6 Å². The summed E-state index contributed by atoms with van der Waals surface area (Å²) in [5, 5.41) is 9.21. The van der Waals surface area contributed by atoms with Gasteiger partial charge in [0.25, 0.3) is 0 Å². The fourth-order valence-corrected chi connectivity index (χ4v) is 2.03. The van der Waals surface area contributed by atoms with Crippen LogP contribution in [0.15, 0.2) is 18.2 Å². The molecule has 1 saturated carbocycles. The number of halogens is 1. The van der Waals surface area contributed by atoms with E-state index >= 15 is 0 Å². The molecular weight excluding hydrogens is 197 g/mol. The molecule has 3 nitrogen and oxygen atoms in total. The number of aliphatic hydroxyl groups is 1. The van der Waals surface area contributed by atoms with Crippen molar-refractivity contribution in [2.24, 2.45) is 5.73 Å². The summed E-state index contributed by atoms with van der Waals surface area (Å²) in [6.45, 7) is 0. The molecule has 0 aliphatic heterocycles. The van der Waals surface area contributed by atoms with Crippen LogP contribution in [0.1, 0.15) is 18.4 Å². The van der Waals surface area contributed by atoms with Crippen molar-refractivity contribution in [2.45, 2.75) is 24.5 Å². The Hall–Kier alpha value is -1.13. The van der Waals surface area contributed by atoms with Gasteiger partial charge in [-0.2, -0.15) is 0 Å². The van der Waals surface area contributed by atoms with Crippen LogP contribution < -0.4 is 10.5 Å². The maximum absolute atomic E-state index is 13.6.